The molecule has 1 atom stereocenters. The SMILES string of the molecule is CCCCC(NCC(F)(F)CO)c1ccc(F)cc1. The zero-order valence-electron chi connectivity index (χ0n) is 11.0. The van der Waals surface area contributed by atoms with Crippen LogP contribution in [-0.2, 0) is 0 Å². The van der Waals surface area contributed by atoms with Crippen molar-refractivity contribution in [3.63, 3.8) is 0 Å². The average molecular weight is 275 g/mol. The van der Waals surface area contributed by atoms with E-state index in [1.54, 1.807) is 12.1 Å². The Kier molecular flexibility index (Phi) is 6.31. The van der Waals surface area contributed by atoms with Crippen LogP contribution in [0.25, 0.3) is 0 Å². The van der Waals surface area contributed by atoms with Gasteiger partial charge in [0.25, 0.3) is 5.92 Å². The fourth-order valence-corrected chi connectivity index (χ4v) is 1.82. The van der Waals surface area contributed by atoms with Gasteiger partial charge in [0, 0.05) is 6.04 Å². The molecule has 1 rings (SSSR count). The van der Waals surface area contributed by atoms with E-state index in [-0.39, 0.29) is 11.9 Å². The van der Waals surface area contributed by atoms with Crippen molar-refractivity contribution in [1.82, 2.24) is 5.32 Å². The van der Waals surface area contributed by atoms with E-state index in [1.165, 1.54) is 12.1 Å². The van der Waals surface area contributed by atoms with Gasteiger partial charge in [-0.3, -0.25) is 0 Å². The molecule has 2 nitrogen and oxygen atoms in total. The lowest BCUT2D eigenvalue weighted by Gasteiger charge is -2.22. The first-order chi connectivity index (χ1) is 8.98. The second-order valence-electron chi connectivity index (χ2n) is 4.64. The Morgan fingerprint density at radius 3 is 2.42 bits per heavy atom. The molecule has 0 aliphatic carbocycles. The van der Waals surface area contributed by atoms with Gasteiger partial charge in [0.15, 0.2) is 0 Å². The smallest absolute Gasteiger partial charge is 0.282 e. The summed E-state index contributed by atoms with van der Waals surface area (Å²) in [5.74, 6) is -3.48. The minimum Gasteiger partial charge on any atom is -0.390 e. The predicted octanol–water partition coefficient (Wildman–Crippen LogP) is 3.27. The lowest BCUT2D eigenvalue weighted by atomic mass is 10.0. The Bertz CT molecular complexity index is 367. The van der Waals surface area contributed by atoms with Crippen LogP contribution in [0.15, 0.2) is 24.3 Å². The van der Waals surface area contributed by atoms with E-state index in [0.29, 0.717) is 6.42 Å². The zero-order chi connectivity index (χ0) is 14.3. The molecular formula is C14H20F3NO. The molecular weight excluding hydrogens is 255 g/mol. The number of aliphatic hydroxyl groups is 1. The summed E-state index contributed by atoms with van der Waals surface area (Å²) >= 11 is 0. The van der Waals surface area contributed by atoms with Gasteiger partial charge in [-0.25, -0.2) is 13.2 Å². The largest absolute Gasteiger partial charge is 0.390 e. The Labute approximate surface area is 111 Å². The van der Waals surface area contributed by atoms with Crippen molar-refractivity contribution in [3.05, 3.63) is 35.6 Å². The Hall–Kier alpha value is -1.07. The predicted molar refractivity (Wildman–Crippen MR) is 68.7 cm³/mol. The highest BCUT2D eigenvalue weighted by Gasteiger charge is 2.28. The molecule has 1 aromatic rings. The van der Waals surface area contributed by atoms with E-state index in [2.05, 4.69) is 5.32 Å². The van der Waals surface area contributed by atoms with Crippen LogP contribution in [0.5, 0.6) is 0 Å². The number of unbranched alkanes of at least 4 members (excludes halogenated alkanes) is 1. The highest BCUT2D eigenvalue weighted by molar-refractivity contribution is 5.20. The standard InChI is InChI=1S/C14H20F3NO/c1-2-3-4-13(18-9-14(16,17)10-19)11-5-7-12(15)8-6-11/h5-8,13,18-19H,2-4,9-10H2,1H3. The van der Waals surface area contributed by atoms with E-state index < -0.39 is 19.1 Å². The maximum absolute atomic E-state index is 13.0. The summed E-state index contributed by atoms with van der Waals surface area (Å²) in [7, 11) is 0. The van der Waals surface area contributed by atoms with Crippen molar-refractivity contribution in [3.8, 4) is 0 Å². The highest BCUT2D eigenvalue weighted by atomic mass is 19.3. The summed E-state index contributed by atoms with van der Waals surface area (Å²) in [6.45, 7) is 0.253. The quantitative estimate of drug-likeness (QED) is 0.763. The van der Waals surface area contributed by atoms with Crippen LogP contribution in [0.1, 0.15) is 37.8 Å². The highest BCUT2D eigenvalue weighted by Crippen LogP contribution is 2.21. The summed E-state index contributed by atoms with van der Waals surface area (Å²) in [4.78, 5) is 0. The molecule has 1 unspecified atom stereocenters. The number of aliphatic hydroxyl groups excluding tert-OH is 1. The monoisotopic (exact) mass is 275 g/mol. The molecule has 5 heteroatoms. The van der Waals surface area contributed by atoms with Gasteiger partial charge in [-0.15, -0.1) is 0 Å². The molecule has 1 aromatic carbocycles. The Morgan fingerprint density at radius 1 is 1.26 bits per heavy atom. The van der Waals surface area contributed by atoms with Gasteiger partial charge >= 0.3 is 0 Å². The first-order valence-corrected chi connectivity index (χ1v) is 6.46. The van der Waals surface area contributed by atoms with Crippen molar-refractivity contribution in [2.45, 2.75) is 38.2 Å². The zero-order valence-corrected chi connectivity index (χ0v) is 11.0. The van der Waals surface area contributed by atoms with Crippen molar-refractivity contribution in [2.75, 3.05) is 13.2 Å². The number of hydrogen-bond donors (Lipinski definition) is 2. The van der Waals surface area contributed by atoms with Gasteiger partial charge in [-0.2, -0.15) is 0 Å². The van der Waals surface area contributed by atoms with Crippen molar-refractivity contribution < 1.29 is 18.3 Å². The second-order valence-corrected chi connectivity index (χ2v) is 4.64. The summed E-state index contributed by atoms with van der Waals surface area (Å²) in [6.07, 6.45) is 2.54. The molecule has 0 heterocycles. The van der Waals surface area contributed by atoms with Gasteiger partial charge in [-0.1, -0.05) is 31.9 Å². The molecule has 0 saturated heterocycles. The van der Waals surface area contributed by atoms with Gasteiger partial charge in [0.05, 0.1) is 6.54 Å². The molecule has 0 aliphatic rings. The van der Waals surface area contributed by atoms with E-state index in [4.69, 9.17) is 5.11 Å². The lowest BCUT2D eigenvalue weighted by molar-refractivity contribution is -0.0495. The number of hydrogen-bond acceptors (Lipinski definition) is 2. The molecule has 0 saturated carbocycles. The third-order valence-electron chi connectivity index (χ3n) is 2.96. The second kappa shape index (κ2) is 7.50. The molecule has 0 aliphatic heterocycles. The first kappa shape index (κ1) is 16.0. The van der Waals surface area contributed by atoms with Crippen LogP contribution >= 0.6 is 0 Å². The molecule has 2 N–H and O–H groups in total. The number of alkyl halides is 2. The van der Waals surface area contributed by atoms with Crippen LogP contribution in [-0.4, -0.2) is 24.2 Å². The molecule has 108 valence electrons. The summed E-state index contributed by atoms with van der Waals surface area (Å²) in [5, 5.41) is 11.3. The third-order valence-corrected chi connectivity index (χ3v) is 2.96. The molecule has 0 amide bonds. The summed E-state index contributed by atoms with van der Waals surface area (Å²) in [5.41, 5.74) is 0.781. The topological polar surface area (TPSA) is 32.3 Å². The normalized spacial score (nSPS) is 13.5. The van der Waals surface area contributed by atoms with E-state index in [9.17, 15) is 13.2 Å². The fraction of sp³-hybridized carbons (Fsp3) is 0.571. The molecule has 0 fully saturated rings. The number of benzene rings is 1. The van der Waals surface area contributed by atoms with Crippen LogP contribution in [0, 0.1) is 5.82 Å². The summed E-state index contributed by atoms with van der Waals surface area (Å²) in [6, 6.07) is 5.58. The van der Waals surface area contributed by atoms with Gasteiger partial charge in [0.1, 0.15) is 12.4 Å². The van der Waals surface area contributed by atoms with Gasteiger partial charge in [0.2, 0.25) is 0 Å². The molecule has 0 aromatic heterocycles. The Balaban J connectivity index is 2.68. The van der Waals surface area contributed by atoms with E-state index in [1.807, 2.05) is 6.92 Å². The van der Waals surface area contributed by atoms with Crippen molar-refractivity contribution >= 4 is 0 Å². The van der Waals surface area contributed by atoms with Crippen LogP contribution in [0.4, 0.5) is 13.2 Å². The molecule has 0 spiro atoms. The van der Waals surface area contributed by atoms with Crippen LogP contribution in [0.3, 0.4) is 0 Å². The number of nitrogens with one attached hydrogen (secondary N) is 1. The summed E-state index contributed by atoms with van der Waals surface area (Å²) < 4.78 is 38.9. The van der Waals surface area contributed by atoms with E-state index >= 15 is 0 Å². The van der Waals surface area contributed by atoms with Crippen LogP contribution in [0.2, 0.25) is 0 Å². The maximum atomic E-state index is 13.0. The number of rotatable bonds is 8. The van der Waals surface area contributed by atoms with Gasteiger partial charge < -0.3 is 10.4 Å². The minimum absolute atomic E-state index is 0.252. The van der Waals surface area contributed by atoms with Crippen LogP contribution < -0.4 is 5.32 Å². The molecule has 19 heavy (non-hydrogen) atoms. The lowest BCUT2D eigenvalue weighted by Crippen LogP contribution is -2.37. The van der Waals surface area contributed by atoms with Crippen molar-refractivity contribution in [1.29, 1.82) is 0 Å². The Morgan fingerprint density at radius 2 is 1.89 bits per heavy atom. The van der Waals surface area contributed by atoms with E-state index in [0.717, 1.165) is 18.4 Å². The van der Waals surface area contributed by atoms with Crippen molar-refractivity contribution in [2.24, 2.45) is 0 Å². The minimum atomic E-state index is -3.13. The van der Waals surface area contributed by atoms with Gasteiger partial charge in [-0.05, 0) is 24.1 Å². The molecule has 0 bridgehead atoms. The number of halogens is 3. The fourth-order valence-electron chi connectivity index (χ4n) is 1.82. The average Bonchev–Trinajstić information content (AvgIpc) is 2.40. The first-order valence-electron chi connectivity index (χ1n) is 6.46. The molecule has 0 radical (unpaired) electrons. The third kappa shape index (κ3) is 5.61. The maximum Gasteiger partial charge on any atom is 0.282 e.